The third-order valence-corrected chi connectivity index (χ3v) is 10.6. The van der Waals surface area contributed by atoms with Gasteiger partial charge in [-0.1, -0.05) is 38.4 Å². The average Bonchev–Trinajstić information content (AvgIpc) is 3.23. The van der Waals surface area contributed by atoms with Crippen molar-refractivity contribution in [2.45, 2.75) is 45.5 Å². The quantitative estimate of drug-likeness (QED) is 0.318. The van der Waals surface area contributed by atoms with Crippen molar-refractivity contribution in [1.29, 1.82) is 0 Å². The first-order chi connectivity index (χ1) is 15.4. The van der Waals surface area contributed by atoms with Gasteiger partial charge in [0, 0.05) is 18.0 Å². The Morgan fingerprint density at radius 1 is 1.18 bits per heavy atom. The van der Waals surface area contributed by atoms with Gasteiger partial charge in [0.2, 0.25) is 0 Å². The van der Waals surface area contributed by atoms with Gasteiger partial charge in [0.15, 0.2) is 14.1 Å². The summed E-state index contributed by atoms with van der Waals surface area (Å²) in [6, 6.07) is 8.51. The van der Waals surface area contributed by atoms with Crippen LogP contribution < -0.4 is 5.32 Å². The molecule has 0 atom stereocenters. The molecule has 0 radical (unpaired) electrons. The lowest BCUT2D eigenvalue weighted by Gasteiger charge is -2.36. The number of amides is 1. The highest BCUT2D eigenvalue weighted by atomic mass is 35.5. The highest BCUT2D eigenvalue weighted by Crippen LogP contribution is 2.37. The monoisotopic (exact) mass is 487 g/mol. The average molecular weight is 488 g/mol. The van der Waals surface area contributed by atoms with Gasteiger partial charge in [-0.25, -0.2) is 9.18 Å². The van der Waals surface area contributed by atoms with Crippen molar-refractivity contribution in [3.63, 3.8) is 0 Å². The standard InChI is InChI=1S/C24H27ClFN3O3Si/c1-24(2,3)33(4,5)32-15-18-10-9-17(13-27-18)28-23(31)29-12-11-16(14-29)22(30)21-19(25)7-6-8-20(21)26/h6-14H,15H2,1-5H3,(H,28,31). The van der Waals surface area contributed by atoms with Crippen LogP contribution in [0.5, 0.6) is 0 Å². The van der Waals surface area contributed by atoms with Crippen molar-refractivity contribution in [2.24, 2.45) is 0 Å². The molecule has 6 nitrogen and oxygen atoms in total. The highest BCUT2D eigenvalue weighted by Gasteiger charge is 2.37. The minimum Gasteiger partial charge on any atom is -0.411 e. The molecular weight excluding hydrogens is 461 g/mol. The van der Waals surface area contributed by atoms with Crippen LogP contribution in [0.25, 0.3) is 0 Å². The predicted molar refractivity (Wildman–Crippen MR) is 130 cm³/mol. The molecule has 0 saturated heterocycles. The summed E-state index contributed by atoms with van der Waals surface area (Å²) in [5, 5.41) is 2.84. The minimum absolute atomic E-state index is 0.0147. The number of carbonyl (C=O) groups excluding carboxylic acids is 2. The zero-order valence-electron chi connectivity index (χ0n) is 19.3. The fourth-order valence-electron chi connectivity index (χ4n) is 2.76. The third kappa shape index (κ3) is 5.76. The largest absolute Gasteiger partial charge is 0.411 e. The molecule has 9 heteroatoms. The first kappa shape index (κ1) is 24.8. The van der Waals surface area contributed by atoms with Gasteiger partial charge in [-0.2, -0.15) is 0 Å². The van der Waals surface area contributed by atoms with E-state index in [2.05, 4.69) is 44.2 Å². The number of benzene rings is 1. The molecule has 0 unspecified atom stereocenters. The smallest absolute Gasteiger partial charge is 0.330 e. The number of ketones is 1. The number of carbonyl (C=O) groups is 2. The zero-order valence-corrected chi connectivity index (χ0v) is 21.0. The summed E-state index contributed by atoms with van der Waals surface area (Å²) in [7, 11) is -1.88. The number of anilines is 1. The maximum Gasteiger partial charge on any atom is 0.330 e. The first-order valence-electron chi connectivity index (χ1n) is 10.5. The number of hydrogen-bond acceptors (Lipinski definition) is 4. The number of halogens is 2. The van der Waals surface area contributed by atoms with Crippen LogP contribution >= 0.6 is 11.6 Å². The van der Waals surface area contributed by atoms with Crippen LogP contribution in [0.2, 0.25) is 23.2 Å². The fourth-order valence-corrected chi connectivity index (χ4v) is 3.95. The molecule has 33 heavy (non-hydrogen) atoms. The SMILES string of the molecule is CC(C)(C)[Si](C)(C)OCc1ccc(NC(=O)n2ccc(C(=O)c3c(F)cccc3Cl)c2)cn1. The molecule has 1 amide bonds. The van der Waals surface area contributed by atoms with Gasteiger partial charge in [-0.15, -0.1) is 0 Å². The zero-order chi connectivity index (χ0) is 24.4. The Kier molecular flexibility index (Phi) is 7.21. The molecule has 174 valence electrons. The highest BCUT2D eigenvalue weighted by molar-refractivity contribution is 6.74. The second-order valence-electron chi connectivity index (χ2n) is 9.25. The van der Waals surface area contributed by atoms with Crippen molar-refractivity contribution in [2.75, 3.05) is 5.32 Å². The van der Waals surface area contributed by atoms with E-state index >= 15 is 0 Å². The normalized spacial score (nSPS) is 12.0. The van der Waals surface area contributed by atoms with Gasteiger partial charge in [0.05, 0.1) is 34.8 Å². The maximum absolute atomic E-state index is 14.0. The van der Waals surface area contributed by atoms with Crippen LogP contribution in [0.4, 0.5) is 14.9 Å². The first-order valence-corrected chi connectivity index (χ1v) is 13.7. The van der Waals surface area contributed by atoms with E-state index in [9.17, 15) is 14.0 Å². The number of nitrogens with one attached hydrogen (secondary N) is 1. The lowest BCUT2D eigenvalue weighted by atomic mass is 10.1. The molecule has 3 aromatic rings. The van der Waals surface area contributed by atoms with Crippen molar-refractivity contribution in [3.8, 4) is 0 Å². The Bertz CT molecular complexity index is 1150. The van der Waals surface area contributed by atoms with Gasteiger partial charge >= 0.3 is 6.03 Å². The van der Waals surface area contributed by atoms with E-state index in [1.54, 1.807) is 18.3 Å². The van der Waals surface area contributed by atoms with E-state index in [1.165, 1.54) is 35.2 Å². The van der Waals surface area contributed by atoms with Crippen LogP contribution in [0.1, 0.15) is 42.4 Å². The Hall–Kier alpha value is -2.81. The summed E-state index contributed by atoms with van der Waals surface area (Å²) in [5.74, 6) is -1.31. The van der Waals surface area contributed by atoms with Crippen molar-refractivity contribution in [1.82, 2.24) is 9.55 Å². The Morgan fingerprint density at radius 3 is 2.52 bits per heavy atom. The molecule has 0 aliphatic rings. The summed E-state index contributed by atoms with van der Waals surface area (Å²) >= 11 is 5.97. The van der Waals surface area contributed by atoms with Crippen LogP contribution in [0.3, 0.4) is 0 Å². The van der Waals surface area contributed by atoms with Gasteiger partial charge in [0.25, 0.3) is 0 Å². The Balaban J connectivity index is 1.64. The summed E-state index contributed by atoms with van der Waals surface area (Å²) in [6.07, 6.45) is 4.30. The van der Waals surface area contributed by atoms with Crippen LogP contribution in [0, 0.1) is 5.82 Å². The number of rotatable bonds is 6. The maximum atomic E-state index is 14.0. The molecule has 0 fully saturated rings. The number of hydrogen-bond donors (Lipinski definition) is 1. The Morgan fingerprint density at radius 2 is 1.91 bits per heavy atom. The summed E-state index contributed by atoms with van der Waals surface area (Å²) < 4.78 is 21.4. The predicted octanol–water partition coefficient (Wildman–Crippen LogP) is 6.51. The summed E-state index contributed by atoms with van der Waals surface area (Å²) in [6.45, 7) is 11.3. The molecule has 0 spiro atoms. The minimum atomic E-state index is -1.88. The van der Waals surface area contributed by atoms with Crippen molar-refractivity contribution >= 4 is 37.4 Å². The summed E-state index contributed by atoms with van der Waals surface area (Å²) in [5.41, 5.74) is 1.19. The Labute approximate surface area is 198 Å². The third-order valence-electron chi connectivity index (χ3n) is 5.84. The van der Waals surface area contributed by atoms with Crippen LogP contribution in [-0.4, -0.2) is 29.7 Å². The van der Waals surface area contributed by atoms with Crippen LogP contribution in [0.15, 0.2) is 55.0 Å². The van der Waals surface area contributed by atoms with E-state index in [1.807, 2.05) is 0 Å². The van der Waals surface area contributed by atoms with E-state index in [0.29, 0.717) is 12.3 Å². The topological polar surface area (TPSA) is 73.2 Å². The van der Waals surface area contributed by atoms with E-state index in [4.69, 9.17) is 16.0 Å². The molecular formula is C24H27ClFN3O3Si. The van der Waals surface area contributed by atoms with E-state index in [0.717, 1.165) is 11.8 Å². The van der Waals surface area contributed by atoms with Crippen LogP contribution in [-0.2, 0) is 11.0 Å². The molecule has 0 bridgehead atoms. The fraction of sp³-hybridized carbons (Fsp3) is 0.292. The molecule has 1 N–H and O–H groups in total. The second-order valence-corrected chi connectivity index (χ2v) is 14.5. The molecule has 2 heterocycles. The second kappa shape index (κ2) is 9.58. The molecule has 0 saturated carbocycles. The van der Waals surface area contributed by atoms with E-state index in [-0.39, 0.29) is 21.2 Å². The van der Waals surface area contributed by atoms with Gasteiger partial charge < -0.3 is 9.74 Å². The lowest BCUT2D eigenvalue weighted by molar-refractivity contribution is 0.103. The van der Waals surface area contributed by atoms with Crippen molar-refractivity contribution < 1.29 is 18.4 Å². The van der Waals surface area contributed by atoms with Crippen molar-refractivity contribution in [3.05, 3.63) is 82.6 Å². The molecule has 0 aliphatic carbocycles. The molecule has 2 aromatic heterocycles. The van der Waals surface area contributed by atoms with Gasteiger partial charge in [-0.05, 0) is 48.5 Å². The summed E-state index contributed by atoms with van der Waals surface area (Å²) in [4.78, 5) is 29.6. The number of aromatic nitrogens is 2. The molecule has 0 aliphatic heterocycles. The van der Waals surface area contributed by atoms with Gasteiger partial charge in [0.1, 0.15) is 5.82 Å². The van der Waals surface area contributed by atoms with Gasteiger partial charge in [-0.3, -0.25) is 14.3 Å². The lowest BCUT2D eigenvalue weighted by Crippen LogP contribution is -2.40. The molecule has 1 aromatic carbocycles. The number of nitrogens with zero attached hydrogens (tertiary/aromatic N) is 2. The molecule has 3 rings (SSSR count). The van der Waals surface area contributed by atoms with E-state index < -0.39 is 25.9 Å². The number of pyridine rings is 1.